The van der Waals surface area contributed by atoms with Crippen LogP contribution in [0.1, 0.15) is 27.2 Å². The first-order chi connectivity index (χ1) is 5.62. The van der Waals surface area contributed by atoms with Crippen molar-refractivity contribution in [3.63, 3.8) is 0 Å². The second-order valence-electron chi connectivity index (χ2n) is 4.37. The standard InChI is InChI=1S/C10H21NO/c1-4-11-6-5-9(2)10(3,7-11)8-12/h9,12H,4-8H2,1-3H3/t9?,10-/m0/s1. The highest BCUT2D eigenvalue weighted by molar-refractivity contribution is 4.87. The van der Waals surface area contributed by atoms with Crippen LogP contribution in [0.25, 0.3) is 0 Å². The average Bonchev–Trinajstić information content (AvgIpc) is 2.10. The van der Waals surface area contributed by atoms with Crippen LogP contribution in [-0.4, -0.2) is 36.2 Å². The fourth-order valence-electron chi connectivity index (χ4n) is 1.95. The van der Waals surface area contributed by atoms with Crippen molar-refractivity contribution in [3.8, 4) is 0 Å². The van der Waals surface area contributed by atoms with E-state index in [1.54, 1.807) is 0 Å². The number of aliphatic hydroxyl groups is 1. The first-order valence-corrected chi connectivity index (χ1v) is 4.95. The van der Waals surface area contributed by atoms with Crippen molar-refractivity contribution >= 4 is 0 Å². The lowest BCUT2D eigenvalue weighted by Crippen LogP contribution is -2.48. The van der Waals surface area contributed by atoms with E-state index in [9.17, 15) is 5.11 Å². The van der Waals surface area contributed by atoms with Crippen LogP contribution in [-0.2, 0) is 0 Å². The van der Waals surface area contributed by atoms with Crippen LogP contribution >= 0.6 is 0 Å². The predicted molar refractivity (Wildman–Crippen MR) is 51.1 cm³/mol. The van der Waals surface area contributed by atoms with Gasteiger partial charge < -0.3 is 10.0 Å². The van der Waals surface area contributed by atoms with Crippen molar-refractivity contribution in [2.24, 2.45) is 11.3 Å². The summed E-state index contributed by atoms with van der Waals surface area (Å²) in [4.78, 5) is 2.43. The Morgan fingerprint density at radius 2 is 2.25 bits per heavy atom. The van der Waals surface area contributed by atoms with E-state index < -0.39 is 0 Å². The molecule has 0 aliphatic carbocycles. The maximum atomic E-state index is 9.31. The first-order valence-electron chi connectivity index (χ1n) is 4.95. The van der Waals surface area contributed by atoms with Crippen molar-refractivity contribution < 1.29 is 5.11 Å². The van der Waals surface area contributed by atoms with E-state index in [2.05, 4.69) is 25.7 Å². The number of rotatable bonds is 2. The predicted octanol–water partition coefficient (Wildman–Crippen LogP) is 1.35. The topological polar surface area (TPSA) is 23.5 Å². The van der Waals surface area contributed by atoms with Gasteiger partial charge >= 0.3 is 0 Å². The molecule has 1 unspecified atom stereocenters. The van der Waals surface area contributed by atoms with E-state index in [-0.39, 0.29) is 5.41 Å². The number of hydrogen-bond donors (Lipinski definition) is 1. The summed E-state index contributed by atoms with van der Waals surface area (Å²) in [6, 6.07) is 0. The van der Waals surface area contributed by atoms with Gasteiger partial charge in [-0.1, -0.05) is 20.8 Å². The molecule has 2 nitrogen and oxygen atoms in total. The van der Waals surface area contributed by atoms with Gasteiger partial charge in [-0.05, 0) is 25.4 Å². The molecule has 0 radical (unpaired) electrons. The third-order valence-electron chi connectivity index (χ3n) is 3.46. The fourth-order valence-corrected chi connectivity index (χ4v) is 1.95. The van der Waals surface area contributed by atoms with Crippen molar-refractivity contribution in [1.82, 2.24) is 4.90 Å². The van der Waals surface area contributed by atoms with Gasteiger partial charge in [0, 0.05) is 18.6 Å². The van der Waals surface area contributed by atoms with Crippen LogP contribution in [0.2, 0.25) is 0 Å². The van der Waals surface area contributed by atoms with Crippen LogP contribution < -0.4 is 0 Å². The molecule has 0 amide bonds. The Bertz CT molecular complexity index is 149. The smallest absolute Gasteiger partial charge is 0.0499 e. The van der Waals surface area contributed by atoms with E-state index in [1.165, 1.54) is 13.0 Å². The molecular weight excluding hydrogens is 150 g/mol. The summed E-state index contributed by atoms with van der Waals surface area (Å²) in [7, 11) is 0. The molecule has 72 valence electrons. The first kappa shape index (κ1) is 10.0. The Balaban J connectivity index is 2.58. The summed E-state index contributed by atoms with van der Waals surface area (Å²) in [5.74, 6) is 0.658. The highest BCUT2D eigenvalue weighted by Crippen LogP contribution is 2.34. The zero-order chi connectivity index (χ0) is 9.19. The molecule has 1 aliphatic heterocycles. The van der Waals surface area contributed by atoms with Gasteiger partial charge in [-0.15, -0.1) is 0 Å². The summed E-state index contributed by atoms with van der Waals surface area (Å²) in [5, 5.41) is 9.31. The van der Waals surface area contributed by atoms with Crippen molar-refractivity contribution in [1.29, 1.82) is 0 Å². The van der Waals surface area contributed by atoms with Gasteiger partial charge in [0.05, 0.1) is 0 Å². The van der Waals surface area contributed by atoms with E-state index in [1.807, 2.05) is 0 Å². The summed E-state index contributed by atoms with van der Waals surface area (Å²) in [6.45, 7) is 10.3. The molecule has 2 atom stereocenters. The minimum absolute atomic E-state index is 0.133. The molecule has 2 heteroatoms. The molecular formula is C10H21NO. The zero-order valence-corrected chi connectivity index (χ0v) is 8.51. The van der Waals surface area contributed by atoms with Gasteiger partial charge in [-0.25, -0.2) is 0 Å². The maximum absolute atomic E-state index is 9.31. The van der Waals surface area contributed by atoms with Crippen LogP contribution in [0.15, 0.2) is 0 Å². The second-order valence-corrected chi connectivity index (χ2v) is 4.37. The number of piperidine rings is 1. The normalized spacial score (nSPS) is 38.5. The largest absolute Gasteiger partial charge is 0.396 e. The van der Waals surface area contributed by atoms with Gasteiger partial charge in [0.25, 0.3) is 0 Å². The Kier molecular flexibility index (Phi) is 3.13. The summed E-state index contributed by atoms with van der Waals surface area (Å²) in [6.07, 6.45) is 1.23. The lowest BCUT2D eigenvalue weighted by Gasteiger charge is -2.43. The summed E-state index contributed by atoms with van der Waals surface area (Å²) in [5.41, 5.74) is 0.133. The molecule has 1 aliphatic rings. The Hall–Kier alpha value is -0.0800. The highest BCUT2D eigenvalue weighted by Gasteiger charge is 2.35. The second kappa shape index (κ2) is 3.75. The Labute approximate surface area is 75.6 Å². The number of likely N-dealkylation sites (tertiary alicyclic amines) is 1. The van der Waals surface area contributed by atoms with Gasteiger partial charge in [0.1, 0.15) is 0 Å². The highest BCUT2D eigenvalue weighted by atomic mass is 16.3. The molecule has 1 fully saturated rings. The molecule has 1 rings (SSSR count). The molecule has 12 heavy (non-hydrogen) atoms. The van der Waals surface area contributed by atoms with Gasteiger partial charge in [-0.2, -0.15) is 0 Å². The van der Waals surface area contributed by atoms with Crippen molar-refractivity contribution in [2.45, 2.75) is 27.2 Å². The van der Waals surface area contributed by atoms with Crippen LogP contribution in [0.4, 0.5) is 0 Å². The number of nitrogens with zero attached hydrogens (tertiary/aromatic N) is 1. The fraction of sp³-hybridized carbons (Fsp3) is 1.00. The SMILES string of the molecule is CCN1CCC(C)[C@](C)(CO)C1. The monoisotopic (exact) mass is 171 g/mol. The number of hydrogen-bond acceptors (Lipinski definition) is 2. The Morgan fingerprint density at radius 1 is 1.58 bits per heavy atom. The van der Waals surface area contributed by atoms with Gasteiger partial charge in [-0.3, -0.25) is 0 Å². The van der Waals surface area contributed by atoms with E-state index in [4.69, 9.17) is 0 Å². The zero-order valence-electron chi connectivity index (χ0n) is 8.51. The molecule has 1 N–H and O–H groups in total. The lowest BCUT2D eigenvalue weighted by molar-refractivity contribution is 0.00483. The van der Waals surface area contributed by atoms with Gasteiger partial charge in [0.2, 0.25) is 0 Å². The van der Waals surface area contributed by atoms with E-state index in [0.29, 0.717) is 12.5 Å². The van der Waals surface area contributed by atoms with Crippen LogP contribution in [0, 0.1) is 11.3 Å². The van der Waals surface area contributed by atoms with Gasteiger partial charge in [0.15, 0.2) is 0 Å². The summed E-state index contributed by atoms with van der Waals surface area (Å²) >= 11 is 0. The maximum Gasteiger partial charge on any atom is 0.0499 e. The number of aliphatic hydroxyl groups excluding tert-OH is 1. The minimum atomic E-state index is 0.133. The summed E-state index contributed by atoms with van der Waals surface area (Å²) < 4.78 is 0. The van der Waals surface area contributed by atoms with Crippen LogP contribution in [0.3, 0.4) is 0 Å². The molecule has 0 bridgehead atoms. The molecule has 1 heterocycles. The quantitative estimate of drug-likeness (QED) is 0.678. The van der Waals surface area contributed by atoms with E-state index >= 15 is 0 Å². The molecule has 0 spiro atoms. The molecule has 0 aromatic heterocycles. The Morgan fingerprint density at radius 3 is 2.75 bits per heavy atom. The van der Waals surface area contributed by atoms with Crippen molar-refractivity contribution in [3.05, 3.63) is 0 Å². The molecule has 0 aromatic carbocycles. The average molecular weight is 171 g/mol. The third-order valence-corrected chi connectivity index (χ3v) is 3.46. The molecule has 1 saturated heterocycles. The van der Waals surface area contributed by atoms with Crippen molar-refractivity contribution in [2.75, 3.05) is 26.2 Å². The minimum Gasteiger partial charge on any atom is -0.396 e. The lowest BCUT2D eigenvalue weighted by atomic mass is 9.74. The third kappa shape index (κ3) is 1.80. The van der Waals surface area contributed by atoms with Crippen LogP contribution in [0.5, 0.6) is 0 Å². The van der Waals surface area contributed by atoms with E-state index in [0.717, 1.165) is 13.1 Å². The molecule has 0 aromatic rings. The molecule has 0 saturated carbocycles.